The first-order chi connectivity index (χ1) is 28.9. The highest BCUT2D eigenvalue weighted by Crippen LogP contribution is 2.59. The molecule has 0 saturated carbocycles. The summed E-state index contributed by atoms with van der Waals surface area (Å²) in [5.74, 6) is 2.77. The number of hydrogen-bond donors (Lipinski definition) is 0. The Bertz CT molecular complexity index is 3430. The Morgan fingerprint density at radius 2 is 1.25 bits per heavy atom. The van der Waals surface area contributed by atoms with E-state index in [1.165, 1.54) is 61.1 Å². The van der Waals surface area contributed by atoms with Crippen LogP contribution >= 0.6 is 0 Å². The summed E-state index contributed by atoms with van der Waals surface area (Å²) in [7, 11) is 0. The fourth-order valence-corrected chi connectivity index (χ4v) is 10.5. The van der Waals surface area contributed by atoms with E-state index in [1.807, 2.05) is 12.3 Å². The second-order valence-electron chi connectivity index (χ2n) is 17.3. The van der Waals surface area contributed by atoms with Gasteiger partial charge in [-0.05, 0) is 110 Å². The lowest BCUT2D eigenvalue weighted by molar-refractivity contribution is -0.572. The summed E-state index contributed by atoms with van der Waals surface area (Å²) in [6.45, 7) is 6.72. The van der Waals surface area contributed by atoms with Gasteiger partial charge in [-0.25, -0.2) is 4.98 Å². The van der Waals surface area contributed by atoms with Crippen molar-refractivity contribution in [1.82, 2.24) is 14.1 Å². The molecule has 0 spiro atoms. The summed E-state index contributed by atoms with van der Waals surface area (Å²) >= 11 is 0. The van der Waals surface area contributed by atoms with Gasteiger partial charge in [0.25, 0.3) is 6.33 Å². The molecule has 7 aromatic carbocycles. The number of benzene rings is 7. The molecule has 3 aliphatic carbocycles. The van der Waals surface area contributed by atoms with Gasteiger partial charge in [0.15, 0.2) is 0 Å². The minimum absolute atomic E-state index is 0.00370. The molecule has 280 valence electrons. The molecule has 5 nitrogen and oxygen atoms in total. The molecule has 0 saturated heterocycles. The number of hydrogen-bond acceptors (Lipinski definition) is 2. The Kier molecular flexibility index (Phi) is 6.49. The first-order valence-corrected chi connectivity index (χ1v) is 20.5. The van der Waals surface area contributed by atoms with Gasteiger partial charge in [0, 0.05) is 34.9 Å². The van der Waals surface area contributed by atoms with Gasteiger partial charge >= 0.3 is 0 Å². The van der Waals surface area contributed by atoms with Crippen molar-refractivity contribution in [2.45, 2.75) is 38.0 Å². The van der Waals surface area contributed by atoms with Gasteiger partial charge in [-0.1, -0.05) is 118 Å². The SMILES string of the molecule is CC(C)(C)c1ccnc(-n2c3ccccc3c3ccc(Oc4cccc(-n5[c-][n+]6c7c(cccc75)-c5cccc7c5C5c8ccccc8C7c7c5cccc7-6)c4)cc32)c1. The van der Waals surface area contributed by atoms with Crippen LogP contribution in [-0.2, 0) is 5.41 Å². The number of imidazole rings is 1. The number of fused-ring (bicyclic) bond motifs is 3. The van der Waals surface area contributed by atoms with Crippen LogP contribution in [0.25, 0.3) is 61.2 Å². The van der Waals surface area contributed by atoms with Crippen LogP contribution < -0.4 is 9.30 Å². The maximum absolute atomic E-state index is 6.76. The zero-order valence-corrected chi connectivity index (χ0v) is 32.9. The largest absolute Gasteiger partial charge is 0.458 e. The number of aromatic nitrogens is 4. The average Bonchev–Trinajstić information content (AvgIpc) is 3.82. The lowest BCUT2D eigenvalue weighted by atomic mass is 9.59. The molecule has 0 fully saturated rings. The van der Waals surface area contributed by atoms with E-state index in [4.69, 9.17) is 9.72 Å². The van der Waals surface area contributed by atoms with Crippen molar-refractivity contribution in [3.63, 3.8) is 0 Å². The summed E-state index contributed by atoms with van der Waals surface area (Å²) in [6, 6.07) is 57.3. The van der Waals surface area contributed by atoms with E-state index in [0.717, 1.165) is 50.5 Å². The molecule has 0 N–H and O–H groups in total. The van der Waals surface area contributed by atoms with Crippen molar-refractivity contribution in [2.24, 2.45) is 0 Å². The smallest absolute Gasteiger partial charge is 0.269 e. The highest BCUT2D eigenvalue weighted by molar-refractivity contribution is 6.09. The third-order valence-electron chi connectivity index (χ3n) is 13.1. The molecule has 0 amide bonds. The molecule has 5 aliphatic rings. The fraction of sp³-hybridized carbons (Fsp3) is 0.111. The molecular weight excluding hydrogens is 721 g/mol. The molecule has 5 heterocycles. The first kappa shape index (κ1) is 32.8. The number of rotatable bonds is 4. The molecule has 8 bridgehead atoms. The molecule has 5 heteroatoms. The molecule has 2 unspecified atom stereocenters. The number of pyridine rings is 1. The molecule has 2 aliphatic heterocycles. The third-order valence-corrected chi connectivity index (χ3v) is 13.1. The monoisotopic (exact) mass is 758 g/mol. The quantitative estimate of drug-likeness (QED) is 0.132. The standard InChI is InChI=1S/C54H38N4O/c1-54(2,3)32-26-27-55-48(28-32)58-44-21-7-6-14-36(44)37-25-24-35(30-47(37)58)59-34-13-8-12-33(29-34)56-31-57-45-22-11-20-43-49-38-15-4-5-16-39(38)51(52(43)45)42-19-9-17-40(50(42)49)41-18-10-23-46(56)53(41)57/h4-30,49,51H,1-3H3. The molecule has 0 radical (unpaired) electrons. The molecule has 15 rings (SSSR count). The number of ether oxygens (including phenoxy) is 1. The van der Waals surface area contributed by atoms with Crippen molar-refractivity contribution < 1.29 is 9.30 Å². The van der Waals surface area contributed by atoms with E-state index >= 15 is 0 Å². The second-order valence-corrected chi connectivity index (χ2v) is 17.3. The van der Waals surface area contributed by atoms with Crippen LogP contribution in [0.4, 0.5) is 0 Å². The van der Waals surface area contributed by atoms with Gasteiger partial charge in [0.1, 0.15) is 17.3 Å². The van der Waals surface area contributed by atoms with Crippen molar-refractivity contribution in [2.75, 3.05) is 0 Å². The van der Waals surface area contributed by atoms with E-state index in [0.29, 0.717) is 0 Å². The normalized spacial score (nSPS) is 15.7. The Morgan fingerprint density at radius 3 is 2.12 bits per heavy atom. The molecule has 10 aromatic rings. The van der Waals surface area contributed by atoms with Crippen molar-refractivity contribution in [1.29, 1.82) is 0 Å². The van der Waals surface area contributed by atoms with Gasteiger partial charge in [-0.15, -0.1) is 0 Å². The lowest BCUT2D eigenvalue weighted by Crippen LogP contribution is -2.35. The molecule has 59 heavy (non-hydrogen) atoms. The highest BCUT2D eigenvalue weighted by Gasteiger charge is 2.44. The Morgan fingerprint density at radius 1 is 0.576 bits per heavy atom. The zero-order valence-electron chi connectivity index (χ0n) is 32.9. The summed E-state index contributed by atoms with van der Waals surface area (Å²) in [5, 5.41) is 2.35. The Hall–Kier alpha value is -7.24. The van der Waals surface area contributed by atoms with Crippen LogP contribution in [-0.4, -0.2) is 14.1 Å². The maximum atomic E-state index is 6.76. The molecular formula is C54H38N4O. The first-order valence-electron chi connectivity index (χ1n) is 20.5. The number of nitrogens with zero attached hydrogens (tertiary/aromatic N) is 4. The minimum Gasteiger partial charge on any atom is -0.458 e. The van der Waals surface area contributed by atoms with Crippen LogP contribution in [0, 0.1) is 6.33 Å². The Balaban J connectivity index is 0.956. The van der Waals surface area contributed by atoms with E-state index in [2.05, 4.69) is 192 Å². The summed E-state index contributed by atoms with van der Waals surface area (Å²) < 4.78 is 13.6. The van der Waals surface area contributed by atoms with Gasteiger partial charge in [-0.2, -0.15) is 0 Å². The molecule has 3 aromatic heterocycles. The summed E-state index contributed by atoms with van der Waals surface area (Å²) in [4.78, 5) is 4.88. The van der Waals surface area contributed by atoms with Gasteiger partial charge in [0.05, 0.1) is 33.4 Å². The van der Waals surface area contributed by atoms with E-state index in [9.17, 15) is 0 Å². The van der Waals surface area contributed by atoms with Crippen molar-refractivity contribution >= 4 is 32.8 Å². The van der Waals surface area contributed by atoms with Crippen LogP contribution in [0.5, 0.6) is 11.5 Å². The van der Waals surface area contributed by atoms with Crippen molar-refractivity contribution in [3.05, 3.63) is 209 Å². The lowest BCUT2D eigenvalue weighted by Gasteiger charge is -2.43. The van der Waals surface area contributed by atoms with E-state index in [1.54, 1.807) is 0 Å². The van der Waals surface area contributed by atoms with E-state index < -0.39 is 0 Å². The summed E-state index contributed by atoms with van der Waals surface area (Å²) in [5.41, 5.74) is 18.9. The van der Waals surface area contributed by atoms with Gasteiger partial charge in [-0.3, -0.25) is 13.7 Å². The second kappa shape index (κ2) is 11.7. The van der Waals surface area contributed by atoms with Crippen LogP contribution in [0.1, 0.15) is 71.6 Å². The maximum Gasteiger partial charge on any atom is 0.269 e. The zero-order chi connectivity index (χ0) is 39.1. The molecule has 2 atom stereocenters. The highest BCUT2D eigenvalue weighted by atomic mass is 16.5. The fourth-order valence-electron chi connectivity index (χ4n) is 10.5. The minimum atomic E-state index is -0.00370. The number of para-hydroxylation sites is 2. The predicted molar refractivity (Wildman–Crippen MR) is 235 cm³/mol. The van der Waals surface area contributed by atoms with Crippen LogP contribution in [0.15, 0.2) is 164 Å². The van der Waals surface area contributed by atoms with Crippen LogP contribution in [0.2, 0.25) is 0 Å². The summed E-state index contributed by atoms with van der Waals surface area (Å²) in [6.07, 6.45) is 5.80. The van der Waals surface area contributed by atoms with Crippen molar-refractivity contribution in [3.8, 4) is 39.8 Å². The Labute approximate surface area is 342 Å². The predicted octanol–water partition coefficient (Wildman–Crippen LogP) is 12.3. The third kappa shape index (κ3) is 4.50. The van der Waals surface area contributed by atoms with Gasteiger partial charge in [0.2, 0.25) is 0 Å². The van der Waals surface area contributed by atoms with E-state index in [-0.39, 0.29) is 17.3 Å². The van der Waals surface area contributed by atoms with Gasteiger partial charge < -0.3 is 4.74 Å². The average molecular weight is 759 g/mol. The topological polar surface area (TPSA) is 35.9 Å². The van der Waals surface area contributed by atoms with Crippen LogP contribution in [0.3, 0.4) is 0 Å².